The molecule has 0 saturated heterocycles. The van der Waals surface area contributed by atoms with Crippen molar-refractivity contribution in [1.82, 2.24) is 0 Å². The Kier molecular flexibility index (Phi) is 20.9. The van der Waals surface area contributed by atoms with Crippen LogP contribution in [0.3, 0.4) is 0 Å². The molecule has 0 aliphatic carbocycles. The Hall–Kier alpha value is 0.520. The molecule has 0 aliphatic heterocycles. The number of hydrogen-bond donors (Lipinski definition) is 10. The van der Waals surface area contributed by atoms with Gasteiger partial charge in [-0.1, -0.05) is 0 Å². The zero-order chi connectivity index (χ0) is 16.2. The van der Waals surface area contributed by atoms with Gasteiger partial charge in [0.2, 0.25) is 0 Å². The molecule has 10 N–H and O–H groups in total. The molecule has 0 saturated carbocycles. The maximum Gasteiger partial charge on any atom is 0.466 e. The Morgan fingerprint density at radius 1 is 0.556 bits per heavy atom. The molecule has 0 heterocycles. The molecule has 18 heteroatoms. The van der Waals surface area contributed by atoms with E-state index in [9.17, 15) is 0 Å². The third-order valence-corrected chi connectivity index (χ3v) is 0. The highest BCUT2D eigenvalue weighted by Crippen LogP contribution is 2.26. The second-order valence-corrected chi connectivity index (χ2v) is 4.78. The number of phosphoric acid groups is 2. The molecular weight excluding hydrogens is 348 g/mol. The van der Waals surface area contributed by atoms with Gasteiger partial charge in [-0.15, -0.1) is 0 Å². The first-order valence-corrected chi connectivity index (χ1v) is 8.60. The van der Waals surface area contributed by atoms with E-state index < -0.39 is 32.2 Å². The summed E-state index contributed by atoms with van der Waals surface area (Å²) in [5, 5.41) is 0. The molecule has 0 amide bonds. The molecule has 0 fully saturated rings. The summed E-state index contributed by atoms with van der Waals surface area (Å²) in [5.74, 6) is 0. The summed E-state index contributed by atoms with van der Waals surface area (Å²) in [5.41, 5.74) is 0. The SMILES string of the molecule is O=P(O)(O)O.O=P(O)(O)O.O=[PH](O)O.O=[PH](O)O. The fourth-order valence-corrected chi connectivity index (χ4v) is 0. The van der Waals surface area contributed by atoms with Crippen molar-refractivity contribution in [2.24, 2.45) is 0 Å². The topological polar surface area (TPSA) is 271 Å². The van der Waals surface area contributed by atoms with Crippen LogP contribution in [0.15, 0.2) is 0 Å². The Morgan fingerprint density at radius 2 is 0.556 bits per heavy atom. The normalized spacial score (nSPS) is 10.4. The predicted molar refractivity (Wildman–Crippen MR) is 55.4 cm³/mol. The van der Waals surface area contributed by atoms with E-state index in [1.807, 2.05) is 0 Å². The fourth-order valence-electron chi connectivity index (χ4n) is 0. The summed E-state index contributed by atoms with van der Waals surface area (Å²) in [7, 11) is -15.5. The van der Waals surface area contributed by atoms with Crippen LogP contribution in [0.25, 0.3) is 0 Å². The van der Waals surface area contributed by atoms with Crippen LogP contribution in [-0.4, -0.2) is 48.9 Å². The van der Waals surface area contributed by atoms with Crippen molar-refractivity contribution >= 4 is 32.2 Å². The van der Waals surface area contributed by atoms with Gasteiger partial charge in [-0.2, -0.15) is 0 Å². The van der Waals surface area contributed by atoms with Crippen molar-refractivity contribution in [2.75, 3.05) is 0 Å². The Morgan fingerprint density at radius 3 is 0.556 bits per heavy atom. The highest BCUT2D eigenvalue weighted by atomic mass is 31.2. The van der Waals surface area contributed by atoms with Crippen molar-refractivity contribution in [2.45, 2.75) is 0 Å². The van der Waals surface area contributed by atoms with Crippen LogP contribution in [0.1, 0.15) is 0 Å². The quantitative estimate of drug-likeness (QED) is 0.191. The van der Waals surface area contributed by atoms with Crippen LogP contribution in [0.4, 0.5) is 0 Å². The second-order valence-electron chi connectivity index (χ2n) is 1.59. The first-order valence-electron chi connectivity index (χ1n) is 2.87. The molecule has 0 radical (unpaired) electrons. The smallest absolute Gasteiger partial charge is 0.326 e. The van der Waals surface area contributed by atoms with Crippen LogP contribution in [-0.2, 0) is 18.3 Å². The maximum atomic E-state index is 8.88. The van der Waals surface area contributed by atoms with Crippen LogP contribution in [0.2, 0.25) is 0 Å². The lowest BCUT2D eigenvalue weighted by Crippen LogP contribution is -1.66. The lowest BCUT2D eigenvalue weighted by atomic mass is 15.8. The molecule has 0 bridgehead atoms. The molecule has 0 unspecified atom stereocenters. The Labute approximate surface area is 100 Å². The largest absolute Gasteiger partial charge is 0.466 e. The standard InChI is InChI=1S/2H3O4P.2H3O3P/c2*1-5(2,3)4;2*1-4(2)3/h2*(H3,1,2,3,4);2*4H,(H2,1,2,3). The summed E-state index contributed by atoms with van der Waals surface area (Å²) >= 11 is 0. The van der Waals surface area contributed by atoms with E-state index >= 15 is 0 Å². The van der Waals surface area contributed by atoms with Gasteiger partial charge >= 0.3 is 32.2 Å². The zero-order valence-corrected chi connectivity index (χ0v) is 11.8. The lowest BCUT2D eigenvalue weighted by Gasteiger charge is -1.82. The monoisotopic (exact) mass is 360 g/mol. The molecule has 0 aromatic rings. The molecule has 116 valence electrons. The van der Waals surface area contributed by atoms with Gasteiger partial charge in [0.25, 0.3) is 0 Å². The van der Waals surface area contributed by atoms with Gasteiger partial charge in [-0.05, 0) is 0 Å². The minimum absolute atomic E-state index is 3.13. The third-order valence-electron chi connectivity index (χ3n) is 0. The van der Waals surface area contributed by atoms with Crippen LogP contribution in [0, 0.1) is 0 Å². The molecule has 0 aromatic carbocycles. The summed E-state index contributed by atoms with van der Waals surface area (Å²) < 4.78 is 35.2. The average Bonchev–Trinajstić information content (AvgIpc) is 1.70. The van der Waals surface area contributed by atoms with Crippen molar-refractivity contribution in [1.29, 1.82) is 0 Å². The molecule has 14 nitrogen and oxygen atoms in total. The first kappa shape index (κ1) is 27.0. The molecule has 0 spiro atoms. The third kappa shape index (κ3) is 14700. The zero-order valence-electron chi connectivity index (χ0n) is 8.00. The minimum atomic E-state index is -4.64. The summed E-state index contributed by atoms with van der Waals surface area (Å²) in [6, 6.07) is 0. The van der Waals surface area contributed by atoms with Crippen molar-refractivity contribution < 1.29 is 67.2 Å². The van der Waals surface area contributed by atoms with Gasteiger partial charge in [-0.3, -0.25) is 9.13 Å². The van der Waals surface area contributed by atoms with E-state index in [2.05, 4.69) is 0 Å². The van der Waals surface area contributed by atoms with Gasteiger partial charge in [0.05, 0.1) is 0 Å². The van der Waals surface area contributed by atoms with Crippen LogP contribution in [0.5, 0.6) is 0 Å². The van der Waals surface area contributed by atoms with Gasteiger partial charge in [0.1, 0.15) is 0 Å². The van der Waals surface area contributed by atoms with E-state index in [4.69, 9.17) is 67.2 Å². The highest BCUT2D eigenvalue weighted by molar-refractivity contribution is 7.45. The minimum Gasteiger partial charge on any atom is -0.326 e. The van der Waals surface area contributed by atoms with Gasteiger partial charge in [0, 0.05) is 0 Å². The van der Waals surface area contributed by atoms with E-state index in [0.717, 1.165) is 0 Å². The predicted octanol–water partition coefficient (Wildman–Crippen LogP) is -3.14. The van der Waals surface area contributed by atoms with Crippen molar-refractivity contribution in [3.8, 4) is 0 Å². The summed E-state index contributed by atoms with van der Waals surface area (Å²) in [4.78, 5) is 71.8. The molecule has 18 heavy (non-hydrogen) atoms. The van der Waals surface area contributed by atoms with E-state index in [0.29, 0.717) is 0 Å². The molecule has 0 atom stereocenters. The van der Waals surface area contributed by atoms with Crippen LogP contribution >= 0.6 is 32.2 Å². The van der Waals surface area contributed by atoms with Gasteiger partial charge in [-0.25, -0.2) is 9.13 Å². The summed E-state index contributed by atoms with van der Waals surface area (Å²) in [6.07, 6.45) is 0. The Balaban J connectivity index is -0.0000000731. The van der Waals surface area contributed by atoms with Crippen molar-refractivity contribution in [3.05, 3.63) is 0 Å². The maximum absolute atomic E-state index is 8.88. The van der Waals surface area contributed by atoms with E-state index in [1.54, 1.807) is 0 Å². The second kappa shape index (κ2) is 13.9. The molecule has 0 aliphatic rings. The summed E-state index contributed by atoms with van der Waals surface area (Å²) in [6.45, 7) is 0. The number of hydrogen-bond acceptors (Lipinski definition) is 4. The number of rotatable bonds is 0. The first-order chi connectivity index (χ1) is 7.46. The van der Waals surface area contributed by atoms with E-state index in [1.165, 1.54) is 0 Å². The van der Waals surface area contributed by atoms with E-state index in [-0.39, 0.29) is 0 Å². The lowest BCUT2D eigenvalue weighted by molar-refractivity contribution is 0.272. The van der Waals surface area contributed by atoms with Crippen molar-refractivity contribution in [3.63, 3.8) is 0 Å². The van der Waals surface area contributed by atoms with Gasteiger partial charge < -0.3 is 48.9 Å². The average molecular weight is 360 g/mol. The molecule has 0 aromatic heterocycles. The van der Waals surface area contributed by atoms with Crippen LogP contribution < -0.4 is 0 Å². The van der Waals surface area contributed by atoms with Gasteiger partial charge in [0.15, 0.2) is 0 Å². The molecular formula is H12O14P4. The Bertz CT molecular complexity index is 245. The fraction of sp³-hybridized carbons (Fsp3) is 0. The molecule has 0 rings (SSSR count). The highest BCUT2D eigenvalue weighted by Gasteiger charge is 2.00.